The molecule has 276 valence electrons. The average molecular weight is 775 g/mol. The number of halogens is 5. The van der Waals surface area contributed by atoms with E-state index in [1.807, 2.05) is 0 Å². The summed E-state index contributed by atoms with van der Waals surface area (Å²) in [4.78, 5) is 35.2. The Balaban J connectivity index is 0.000000755. The van der Waals surface area contributed by atoms with Crippen LogP contribution < -0.4 is 20.1 Å². The lowest BCUT2D eigenvalue weighted by atomic mass is 9.95. The summed E-state index contributed by atoms with van der Waals surface area (Å²) in [7, 11) is -4.01. The van der Waals surface area contributed by atoms with Crippen LogP contribution in [0.3, 0.4) is 0 Å². The Morgan fingerprint density at radius 2 is 1.55 bits per heavy atom. The average Bonchev–Trinajstić information content (AvgIpc) is 3.10. The van der Waals surface area contributed by atoms with E-state index in [9.17, 15) is 31.2 Å². The van der Waals surface area contributed by atoms with Crippen LogP contribution in [0.4, 0.5) is 18.9 Å². The van der Waals surface area contributed by atoms with Gasteiger partial charge in [0.2, 0.25) is 0 Å². The van der Waals surface area contributed by atoms with E-state index < -0.39 is 22.2 Å². The molecule has 51 heavy (non-hydrogen) atoms. The number of hydrogen-bond donors (Lipinski definition) is 4. The molecule has 3 aromatic carbocycles. The van der Waals surface area contributed by atoms with Gasteiger partial charge in [0.25, 0.3) is 15.9 Å². The predicted molar refractivity (Wildman–Crippen MR) is 186 cm³/mol. The van der Waals surface area contributed by atoms with Crippen molar-refractivity contribution in [2.45, 2.75) is 55.6 Å². The van der Waals surface area contributed by atoms with Crippen molar-refractivity contribution in [1.82, 2.24) is 10.6 Å². The van der Waals surface area contributed by atoms with Gasteiger partial charge in [0.15, 0.2) is 5.75 Å². The van der Waals surface area contributed by atoms with Gasteiger partial charge in [0, 0.05) is 43.1 Å². The largest absolute Gasteiger partial charge is 0.490 e. The molecule has 11 nitrogen and oxygen atoms in total. The first-order valence-electron chi connectivity index (χ1n) is 16.2. The second-order valence-corrected chi connectivity index (χ2v) is 14.6. The van der Waals surface area contributed by atoms with Crippen LogP contribution in [0.25, 0.3) is 0 Å². The molecular weight excluding hydrogens is 736 g/mol. The first-order valence-corrected chi connectivity index (χ1v) is 18.4. The minimum absolute atomic E-state index is 0.0259. The molecule has 2 fully saturated rings. The third kappa shape index (κ3) is 10.8. The van der Waals surface area contributed by atoms with E-state index in [4.69, 9.17) is 37.8 Å². The Bertz CT molecular complexity index is 1800. The number of aliphatic carboxylic acids is 1. The summed E-state index contributed by atoms with van der Waals surface area (Å²) in [6, 6.07) is 17.3. The first-order chi connectivity index (χ1) is 24.1. The molecule has 0 aromatic heterocycles. The number of para-hydroxylation sites is 2. The quantitative estimate of drug-likeness (QED) is 0.168. The van der Waals surface area contributed by atoms with Gasteiger partial charge in [-0.15, -0.1) is 0 Å². The molecular formula is C34H38Cl2F3N4O7S+. The smallest absolute Gasteiger partial charge is 0.475 e. The fraction of sp³-hybridized carbons (Fsp3) is 0.382. The van der Waals surface area contributed by atoms with Crippen LogP contribution in [-0.4, -0.2) is 80.7 Å². The SMILES string of the molecule is O=C(NCCC(=O)[N+]1(C2CCNCC2)CCCCC1)c1ccc(S(=O)(=O)Nc2ccccc2Oc2ccc(Cl)cc2Cl)cc1.O=C(O)C(F)(F)F. The topological polar surface area (TPSA) is 151 Å². The summed E-state index contributed by atoms with van der Waals surface area (Å²) in [6.45, 7) is 3.88. The molecule has 0 saturated carbocycles. The Labute approximate surface area is 303 Å². The lowest BCUT2D eigenvalue weighted by Crippen LogP contribution is -2.64. The minimum atomic E-state index is -5.08. The van der Waals surface area contributed by atoms with E-state index in [2.05, 4.69) is 15.4 Å². The maximum absolute atomic E-state index is 13.5. The standard InChI is InChI=1S/C32H36Cl2N4O5S.C2HF3O2/c33-24-10-13-29(27(34)22-24)43-30-7-3-2-6-28(30)37-44(41,42)26-11-8-23(9-12-26)32(40)36-19-16-31(39)38(20-4-1-5-21-38)25-14-17-35-18-15-25;3-2(4,5)1(6)7/h2-3,6-13,22,25,35,37H,1,4-5,14-21H2;(H,6,7)/p+1. The Morgan fingerprint density at radius 1 is 0.922 bits per heavy atom. The van der Waals surface area contributed by atoms with E-state index in [1.165, 1.54) is 30.3 Å². The minimum Gasteiger partial charge on any atom is -0.475 e. The highest BCUT2D eigenvalue weighted by Gasteiger charge is 2.44. The number of sulfonamides is 1. The highest BCUT2D eigenvalue weighted by atomic mass is 35.5. The van der Waals surface area contributed by atoms with Crippen molar-refractivity contribution in [1.29, 1.82) is 0 Å². The zero-order chi connectivity index (χ0) is 37.2. The Kier molecular flexibility index (Phi) is 13.7. The lowest BCUT2D eigenvalue weighted by Gasteiger charge is -2.46. The summed E-state index contributed by atoms with van der Waals surface area (Å²) < 4.78 is 67.1. The Morgan fingerprint density at radius 3 is 2.16 bits per heavy atom. The number of nitrogens with zero attached hydrogens (tertiary/aromatic N) is 1. The van der Waals surface area contributed by atoms with Crippen LogP contribution in [0, 0.1) is 0 Å². The molecule has 0 unspecified atom stereocenters. The molecule has 2 heterocycles. The number of likely N-dealkylation sites (tertiary alicyclic amines) is 1. The van der Waals surface area contributed by atoms with Gasteiger partial charge in [0.05, 0.1) is 41.2 Å². The number of amides is 2. The van der Waals surface area contributed by atoms with Gasteiger partial charge >= 0.3 is 18.1 Å². The van der Waals surface area contributed by atoms with E-state index in [1.54, 1.807) is 36.4 Å². The summed E-state index contributed by atoms with van der Waals surface area (Å²) in [5.41, 5.74) is 0.515. The van der Waals surface area contributed by atoms with Crippen molar-refractivity contribution in [3.05, 3.63) is 82.3 Å². The molecule has 2 amide bonds. The van der Waals surface area contributed by atoms with Crippen LogP contribution in [0.2, 0.25) is 10.0 Å². The molecule has 5 rings (SSSR count). The number of anilines is 1. The monoisotopic (exact) mass is 773 g/mol. The second-order valence-electron chi connectivity index (χ2n) is 12.0. The number of carbonyl (C=O) groups excluding carboxylic acids is 2. The third-order valence-electron chi connectivity index (χ3n) is 8.66. The van der Waals surface area contributed by atoms with Crippen LogP contribution >= 0.6 is 23.2 Å². The number of quaternary nitrogens is 1. The molecule has 3 aromatic rings. The van der Waals surface area contributed by atoms with Crippen LogP contribution in [-0.2, 0) is 19.6 Å². The molecule has 0 atom stereocenters. The second kappa shape index (κ2) is 17.6. The summed E-state index contributed by atoms with van der Waals surface area (Å²) in [5.74, 6) is -2.35. The molecule has 0 aliphatic carbocycles. The van der Waals surface area contributed by atoms with Gasteiger partial charge in [-0.3, -0.25) is 14.0 Å². The molecule has 2 aliphatic rings. The normalized spacial score (nSPS) is 16.3. The number of hydrogen-bond acceptors (Lipinski definition) is 7. The van der Waals surface area contributed by atoms with Crippen molar-refractivity contribution in [2.75, 3.05) is 37.4 Å². The van der Waals surface area contributed by atoms with Gasteiger partial charge < -0.3 is 20.5 Å². The summed E-state index contributed by atoms with van der Waals surface area (Å²) >= 11 is 12.2. The zero-order valence-electron chi connectivity index (χ0n) is 27.3. The van der Waals surface area contributed by atoms with Gasteiger partial charge in [-0.2, -0.15) is 13.2 Å². The molecule has 17 heteroatoms. The van der Waals surface area contributed by atoms with Crippen LogP contribution in [0.15, 0.2) is 71.6 Å². The molecule has 4 N–H and O–H groups in total. The molecule has 0 spiro atoms. The number of carbonyl (C=O) groups is 3. The molecule has 2 saturated heterocycles. The third-order valence-corrected chi connectivity index (χ3v) is 10.6. The van der Waals surface area contributed by atoms with Gasteiger partial charge in [0.1, 0.15) is 5.75 Å². The molecule has 0 radical (unpaired) electrons. The van der Waals surface area contributed by atoms with Crippen LogP contribution in [0.1, 0.15) is 48.9 Å². The van der Waals surface area contributed by atoms with Gasteiger partial charge in [-0.25, -0.2) is 18.0 Å². The van der Waals surface area contributed by atoms with Crippen molar-refractivity contribution < 1.29 is 50.3 Å². The number of nitrogens with one attached hydrogen (secondary N) is 3. The highest BCUT2D eigenvalue weighted by molar-refractivity contribution is 7.92. The number of piperidine rings is 2. The maximum atomic E-state index is 13.5. The van der Waals surface area contributed by atoms with Gasteiger partial charge in [-0.1, -0.05) is 35.3 Å². The van der Waals surface area contributed by atoms with E-state index in [0.717, 1.165) is 58.3 Å². The number of carboxylic acids is 1. The number of benzene rings is 3. The fourth-order valence-electron chi connectivity index (χ4n) is 6.11. The van der Waals surface area contributed by atoms with E-state index in [-0.39, 0.29) is 46.1 Å². The summed E-state index contributed by atoms with van der Waals surface area (Å²) in [6.07, 6.45) is 0.460. The highest BCUT2D eigenvalue weighted by Crippen LogP contribution is 2.36. The number of carboxylic acid groups (broad SMARTS) is 1. The molecule has 0 bridgehead atoms. The van der Waals surface area contributed by atoms with Gasteiger partial charge in [-0.05, 0) is 73.9 Å². The zero-order valence-corrected chi connectivity index (χ0v) is 29.7. The molecule has 2 aliphatic heterocycles. The van der Waals surface area contributed by atoms with Crippen molar-refractivity contribution >= 4 is 56.7 Å². The lowest BCUT2D eigenvalue weighted by molar-refractivity contribution is -0.885. The predicted octanol–water partition coefficient (Wildman–Crippen LogP) is 6.62. The summed E-state index contributed by atoms with van der Waals surface area (Å²) in [5, 5.41) is 14.1. The Hall–Kier alpha value is -3.89. The number of ether oxygens (including phenoxy) is 1. The van der Waals surface area contributed by atoms with E-state index in [0.29, 0.717) is 26.9 Å². The fourth-order valence-corrected chi connectivity index (χ4v) is 7.63. The van der Waals surface area contributed by atoms with E-state index >= 15 is 0 Å². The van der Waals surface area contributed by atoms with Crippen molar-refractivity contribution in [3.63, 3.8) is 0 Å². The van der Waals surface area contributed by atoms with Crippen molar-refractivity contribution in [2.24, 2.45) is 0 Å². The number of alkyl halides is 3. The van der Waals surface area contributed by atoms with Crippen molar-refractivity contribution in [3.8, 4) is 11.5 Å². The first kappa shape index (κ1) is 39.9. The maximum Gasteiger partial charge on any atom is 0.490 e. The van der Waals surface area contributed by atoms with Crippen LogP contribution in [0.5, 0.6) is 11.5 Å². The number of rotatable bonds is 10.